The molecule has 2 N–H and O–H groups in total. The van der Waals surface area contributed by atoms with Crippen LogP contribution < -0.4 is 10.5 Å². The Kier molecular flexibility index (Phi) is 6.08. The Morgan fingerprint density at radius 3 is 2.08 bits per heavy atom. The molecule has 0 heterocycles. The van der Waals surface area contributed by atoms with Crippen LogP contribution in [0.2, 0.25) is 0 Å². The van der Waals surface area contributed by atoms with Gasteiger partial charge in [0.15, 0.2) is 0 Å². The fourth-order valence-electron chi connectivity index (χ4n) is 3.14. The van der Waals surface area contributed by atoms with E-state index in [0.717, 1.165) is 17.9 Å². The van der Waals surface area contributed by atoms with E-state index >= 15 is 0 Å². The molecule has 1 atom stereocenters. The lowest BCUT2D eigenvalue weighted by Gasteiger charge is -2.17. The molecule has 0 aliphatic carbocycles. The van der Waals surface area contributed by atoms with Crippen LogP contribution in [0.3, 0.4) is 0 Å². The molecule has 0 saturated heterocycles. The minimum Gasteiger partial charge on any atom is -0.457 e. The predicted octanol–water partition coefficient (Wildman–Crippen LogP) is 5.89. The van der Waals surface area contributed by atoms with Crippen LogP contribution in [0.5, 0.6) is 11.5 Å². The van der Waals surface area contributed by atoms with Gasteiger partial charge in [0, 0.05) is 5.92 Å². The number of rotatable bonds is 7. The van der Waals surface area contributed by atoms with Crippen molar-refractivity contribution >= 4 is 0 Å². The maximum atomic E-state index is 6.08. The Balaban J connectivity index is 1.73. The molecule has 2 heteroatoms. The molecule has 0 aliphatic rings. The summed E-state index contributed by atoms with van der Waals surface area (Å²) in [5, 5.41) is 0. The number of para-hydroxylation sites is 1. The quantitative estimate of drug-likeness (QED) is 0.579. The average Bonchev–Trinajstić information content (AvgIpc) is 2.67. The van der Waals surface area contributed by atoms with Crippen LogP contribution >= 0.6 is 0 Å². The first kappa shape index (κ1) is 18.2. The van der Waals surface area contributed by atoms with Gasteiger partial charge in [-0.25, -0.2) is 0 Å². The molecule has 0 aromatic heterocycles. The Morgan fingerprint density at radius 2 is 1.42 bits per heavy atom. The molecule has 0 bridgehead atoms. The second kappa shape index (κ2) is 8.68. The molecule has 26 heavy (non-hydrogen) atoms. The van der Waals surface area contributed by atoms with Crippen LogP contribution in [-0.4, -0.2) is 6.54 Å². The Hall–Kier alpha value is -2.58. The SMILES string of the molecule is CC(C)c1ccc(C(CN)Cc2cccc(Oc3ccccc3)c2)cc1. The summed E-state index contributed by atoms with van der Waals surface area (Å²) in [5.74, 6) is 2.57. The average molecular weight is 345 g/mol. The summed E-state index contributed by atoms with van der Waals surface area (Å²) >= 11 is 0. The summed E-state index contributed by atoms with van der Waals surface area (Å²) in [6.45, 7) is 5.06. The smallest absolute Gasteiger partial charge is 0.127 e. The van der Waals surface area contributed by atoms with E-state index in [9.17, 15) is 0 Å². The molecule has 1 unspecified atom stereocenters. The van der Waals surface area contributed by atoms with Crippen LogP contribution in [0.15, 0.2) is 78.9 Å². The van der Waals surface area contributed by atoms with Gasteiger partial charge in [0.2, 0.25) is 0 Å². The highest BCUT2D eigenvalue weighted by Crippen LogP contribution is 2.26. The van der Waals surface area contributed by atoms with Crippen molar-refractivity contribution in [2.45, 2.75) is 32.1 Å². The van der Waals surface area contributed by atoms with Crippen LogP contribution in [0.25, 0.3) is 0 Å². The van der Waals surface area contributed by atoms with Gasteiger partial charge in [0.1, 0.15) is 11.5 Å². The minimum atomic E-state index is 0.309. The number of ether oxygens (including phenoxy) is 1. The summed E-state index contributed by atoms with van der Waals surface area (Å²) in [6, 6.07) is 27.0. The first-order valence-electron chi connectivity index (χ1n) is 9.27. The molecule has 2 nitrogen and oxygen atoms in total. The number of hydrogen-bond acceptors (Lipinski definition) is 2. The molecule has 0 fully saturated rings. The van der Waals surface area contributed by atoms with Gasteiger partial charge < -0.3 is 10.5 Å². The second-order valence-electron chi connectivity index (χ2n) is 7.02. The third-order valence-electron chi connectivity index (χ3n) is 4.72. The molecule has 134 valence electrons. The van der Waals surface area contributed by atoms with E-state index < -0.39 is 0 Å². The van der Waals surface area contributed by atoms with Crippen molar-refractivity contribution in [2.24, 2.45) is 5.73 Å². The van der Waals surface area contributed by atoms with E-state index in [-0.39, 0.29) is 0 Å². The highest BCUT2D eigenvalue weighted by molar-refractivity contribution is 5.35. The summed E-state index contributed by atoms with van der Waals surface area (Å²) in [7, 11) is 0. The Morgan fingerprint density at radius 1 is 0.769 bits per heavy atom. The summed E-state index contributed by atoms with van der Waals surface area (Å²) in [5.41, 5.74) is 9.98. The lowest BCUT2D eigenvalue weighted by Crippen LogP contribution is -2.15. The molecule has 0 aliphatic heterocycles. The molecule has 0 radical (unpaired) electrons. The van der Waals surface area contributed by atoms with Crippen LogP contribution in [0.1, 0.15) is 42.4 Å². The van der Waals surface area contributed by atoms with Gasteiger partial charge in [0.25, 0.3) is 0 Å². The summed E-state index contributed by atoms with van der Waals surface area (Å²) < 4.78 is 5.95. The third-order valence-corrected chi connectivity index (χ3v) is 4.72. The van der Waals surface area contributed by atoms with E-state index in [1.165, 1.54) is 16.7 Å². The molecule has 3 aromatic rings. The largest absolute Gasteiger partial charge is 0.457 e. The monoisotopic (exact) mass is 345 g/mol. The maximum absolute atomic E-state index is 6.08. The van der Waals surface area contributed by atoms with Crippen molar-refractivity contribution in [1.82, 2.24) is 0 Å². The first-order chi connectivity index (χ1) is 12.7. The van der Waals surface area contributed by atoms with Crippen molar-refractivity contribution < 1.29 is 4.74 Å². The number of hydrogen-bond donors (Lipinski definition) is 1. The summed E-state index contributed by atoms with van der Waals surface area (Å²) in [6.07, 6.45) is 0.906. The summed E-state index contributed by atoms with van der Waals surface area (Å²) in [4.78, 5) is 0. The Labute approximate surface area is 156 Å². The maximum Gasteiger partial charge on any atom is 0.127 e. The van der Waals surface area contributed by atoms with Gasteiger partial charge in [-0.1, -0.05) is 68.4 Å². The van der Waals surface area contributed by atoms with Gasteiger partial charge >= 0.3 is 0 Å². The second-order valence-corrected chi connectivity index (χ2v) is 7.02. The minimum absolute atomic E-state index is 0.309. The topological polar surface area (TPSA) is 35.2 Å². The van der Waals surface area contributed by atoms with E-state index in [1.807, 2.05) is 42.5 Å². The zero-order valence-electron chi connectivity index (χ0n) is 15.6. The van der Waals surface area contributed by atoms with Crippen LogP contribution in [0, 0.1) is 0 Å². The molecule has 3 rings (SSSR count). The van der Waals surface area contributed by atoms with Crippen molar-refractivity contribution in [3.63, 3.8) is 0 Å². The first-order valence-corrected chi connectivity index (χ1v) is 9.27. The Bertz CT molecular complexity index is 809. The fraction of sp³-hybridized carbons (Fsp3) is 0.250. The van der Waals surface area contributed by atoms with Crippen molar-refractivity contribution in [3.05, 3.63) is 95.6 Å². The van der Waals surface area contributed by atoms with Crippen LogP contribution in [-0.2, 0) is 6.42 Å². The third kappa shape index (κ3) is 4.74. The van der Waals surface area contributed by atoms with E-state index in [1.54, 1.807) is 0 Å². The molecule has 0 saturated carbocycles. The van der Waals surface area contributed by atoms with Crippen LogP contribution in [0.4, 0.5) is 0 Å². The standard InChI is InChI=1S/C24H27NO/c1-18(2)20-11-13-21(14-12-20)22(17-25)15-19-7-6-10-24(16-19)26-23-8-4-3-5-9-23/h3-14,16,18,22H,15,17,25H2,1-2H3. The molecular weight excluding hydrogens is 318 g/mol. The lowest BCUT2D eigenvalue weighted by atomic mass is 9.90. The van der Waals surface area contributed by atoms with Gasteiger partial charge in [-0.05, 0) is 59.8 Å². The number of nitrogens with two attached hydrogens (primary N) is 1. The normalized spacial score (nSPS) is 12.2. The van der Waals surface area contributed by atoms with Gasteiger partial charge in [-0.15, -0.1) is 0 Å². The molecule has 3 aromatic carbocycles. The highest BCUT2D eigenvalue weighted by Gasteiger charge is 2.12. The molecule has 0 spiro atoms. The molecule has 0 amide bonds. The lowest BCUT2D eigenvalue weighted by molar-refractivity contribution is 0.481. The van der Waals surface area contributed by atoms with Crippen molar-refractivity contribution in [2.75, 3.05) is 6.54 Å². The van der Waals surface area contributed by atoms with E-state index in [0.29, 0.717) is 18.4 Å². The van der Waals surface area contributed by atoms with Gasteiger partial charge in [-0.2, -0.15) is 0 Å². The number of benzene rings is 3. The van der Waals surface area contributed by atoms with E-state index in [4.69, 9.17) is 10.5 Å². The predicted molar refractivity (Wildman–Crippen MR) is 109 cm³/mol. The van der Waals surface area contributed by atoms with Crippen molar-refractivity contribution in [1.29, 1.82) is 0 Å². The molecular formula is C24H27NO. The fourth-order valence-corrected chi connectivity index (χ4v) is 3.14. The van der Waals surface area contributed by atoms with E-state index in [2.05, 4.69) is 50.2 Å². The van der Waals surface area contributed by atoms with Gasteiger partial charge in [0.05, 0.1) is 0 Å². The van der Waals surface area contributed by atoms with Gasteiger partial charge in [-0.3, -0.25) is 0 Å². The highest BCUT2D eigenvalue weighted by atomic mass is 16.5. The zero-order valence-corrected chi connectivity index (χ0v) is 15.6. The zero-order chi connectivity index (χ0) is 18.4. The van der Waals surface area contributed by atoms with Crippen molar-refractivity contribution in [3.8, 4) is 11.5 Å².